The van der Waals surface area contributed by atoms with Gasteiger partial charge in [-0.2, -0.15) is 5.10 Å². The highest BCUT2D eigenvalue weighted by Gasteiger charge is 2.19. The van der Waals surface area contributed by atoms with Crippen molar-refractivity contribution in [3.8, 4) is 0 Å². The van der Waals surface area contributed by atoms with Gasteiger partial charge < -0.3 is 5.32 Å². The maximum Gasteiger partial charge on any atom is 0.263 e. The van der Waals surface area contributed by atoms with Gasteiger partial charge >= 0.3 is 0 Å². The predicted octanol–water partition coefficient (Wildman–Crippen LogP) is 1.98. The summed E-state index contributed by atoms with van der Waals surface area (Å²) in [4.78, 5) is 16.5. The second-order valence-electron chi connectivity index (χ2n) is 4.27. The number of nitrogens with zero attached hydrogens (tertiary/aromatic N) is 3. The van der Waals surface area contributed by atoms with Gasteiger partial charge in [-0.05, 0) is 20.8 Å². The Balaban J connectivity index is 2.17. The molecule has 0 fully saturated rings. The average Bonchev–Trinajstić information content (AvgIpc) is 2.88. The van der Waals surface area contributed by atoms with Crippen molar-refractivity contribution >= 4 is 17.2 Å². The fraction of sp³-hybridized carbons (Fsp3) is 0.417. The Hall–Kier alpha value is -1.69. The second-order valence-corrected chi connectivity index (χ2v) is 5.16. The summed E-state index contributed by atoms with van der Waals surface area (Å²) in [6.07, 6.45) is 1.58. The molecule has 2 aromatic heterocycles. The van der Waals surface area contributed by atoms with Gasteiger partial charge in [-0.3, -0.25) is 14.5 Å². The SMILES string of the molecule is Cc1nn(C)c(C)c1[C@H](C)NC(=O)c1cncs1. The lowest BCUT2D eigenvalue weighted by atomic mass is 10.1. The number of rotatable bonds is 3. The maximum absolute atomic E-state index is 12.0. The van der Waals surface area contributed by atoms with Crippen LogP contribution in [0.4, 0.5) is 0 Å². The summed E-state index contributed by atoms with van der Waals surface area (Å²) in [6, 6.07) is -0.0618. The normalized spacial score (nSPS) is 12.4. The van der Waals surface area contributed by atoms with E-state index in [4.69, 9.17) is 0 Å². The highest BCUT2D eigenvalue weighted by Crippen LogP contribution is 2.21. The van der Waals surface area contributed by atoms with Crippen LogP contribution in [-0.2, 0) is 7.05 Å². The molecule has 0 aliphatic rings. The van der Waals surface area contributed by atoms with E-state index in [1.54, 1.807) is 11.7 Å². The standard InChI is InChI=1S/C12H16N4OS/c1-7(11-8(2)15-16(4)9(11)3)14-12(17)10-5-13-6-18-10/h5-7H,1-4H3,(H,14,17)/t7-/m0/s1. The van der Waals surface area contributed by atoms with Crippen molar-refractivity contribution in [2.24, 2.45) is 7.05 Å². The minimum absolute atomic E-state index is 0.0618. The quantitative estimate of drug-likeness (QED) is 0.922. The number of carbonyl (C=O) groups is 1. The molecule has 0 aromatic carbocycles. The van der Waals surface area contributed by atoms with Crippen molar-refractivity contribution in [3.63, 3.8) is 0 Å². The summed E-state index contributed by atoms with van der Waals surface area (Å²) in [7, 11) is 1.91. The van der Waals surface area contributed by atoms with Crippen LogP contribution in [0.5, 0.6) is 0 Å². The topological polar surface area (TPSA) is 59.8 Å². The molecule has 0 saturated carbocycles. The molecular formula is C12H16N4OS. The Morgan fingerprint density at radius 2 is 2.22 bits per heavy atom. The molecule has 2 heterocycles. The Morgan fingerprint density at radius 3 is 2.72 bits per heavy atom. The summed E-state index contributed by atoms with van der Waals surface area (Å²) in [5.41, 5.74) is 4.76. The Kier molecular flexibility index (Phi) is 3.47. The van der Waals surface area contributed by atoms with E-state index < -0.39 is 0 Å². The number of aryl methyl sites for hydroxylation is 2. The highest BCUT2D eigenvalue weighted by atomic mass is 32.1. The van der Waals surface area contributed by atoms with Crippen LogP contribution in [0.25, 0.3) is 0 Å². The second kappa shape index (κ2) is 4.89. The third-order valence-corrected chi connectivity index (χ3v) is 3.77. The molecule has 0 spiro atoms. The van der Waals surface area contributed by atoms with Crippen LogP contribution in [0.2, 0.25) is 0 Å². The molecule has 96 valence electrons. The smallest absolute Gasteiger partial charge is 0.263 e. The van der Waals surface area contributed by atoms with E-state index >= 15 is 0 Å². The fourth-order valence-electron chi connectivity index (χ4n) is 2.08. The van der Waals surface area contributed by atoms with Gasteiger partial charge in [-0.15, -0.1) is 11.3 Å². The highest BCUT2D eigenvalue weighted by molar-refractivity contribution is 7.11. The monoisotopic (exact) mass is 264 g/mol. The maximum atomic E-state index is 12.0. The van der Waals surface area contributed by atoms with E-state index in [2.05, 4.69) is 15.4 Å². The van der Waals surface area contributed by atoms with Gasteiger partial charge in [0.25, 0.3) is 5.91 Å². The Morgan fingerprint density at radius 1 is 1.50 bits per heavy atom. The first-order valence-electron chi connectivity index (χ1n) is 5.70. The molecule has 2 rings (SSSR count). The minimum atomic E-state index is -0.0901. The van der Waals surface area contributed by atoms with Gasteiger partial charge in [0.1, 0.15) is 4.88 Å². The van der Waals surface area contributed by atoms with Gasteiger partial charge in [0.05, 0.1) is 23.4 Å². The largest absolute Gasteiger partial charge is 0.345 e. The number of hydrogen-bond acceptors (Lipinski definition) is 4. The molecule has 0 radical (unpaired) electrons. The molecule has 0 aliphatic carbocycles. The summed E-state index contributed by atoms with van der Waals surface area (Å²) in [5, 5.41) is 7.33. The van der Waals surface area contributed by atoms with Crippen molar-refractivity contribution in [2.45, 2.75) is 26.8 Å². The van der Waals surface area contributed by atoms with Crippen LogP contribution in [-0.4, -0.2) is 20.7 Å². The predicted molar refractivity (Wildman–Crippen MR) is 70.7 cm³/mol. The zero-order valence-corrected chi connectivity index (χ0v) is 11.7. The lowest BCUT2D eigenvalue weighted by molar-refractivity contribution is 0.0943. The number of hydrogen-bond donors (Lipinski definition) is 1. The Bertz CT molecular complexity index is 559. The van der Waals surface area contributed by atoms with E-state index in [9.17, 15) is 4.79 Å². The number of amides is 1. The number of thiazole rings is 1. The first-order valence-corrected chi connectivity index (χ1v) is 6.58. The van der Waals surface area contributed by atoms with E-state index in [1.807, 2.05) is 32.5 Å². The molecule has 0 saturated heterocycles. The minimum Gasteiger partial charge on any atom is -0.345 e. The number of aromatic nitrogens is 3. The van der Waals surface area contributed by atoms with Crippen molar-refractivity contribution in [3.05, 3.63) is 33.5 Å². The lowest BCUT2D eigenvalue weighted by Gasteiger charge is -2.14. The first kappa shape index (κ1) is 12.8. The van der Waals surface area contributed by atoms with Gasteiger partial charge in [0.15, 0.2) is 0 Å². The van der Waals surface area contributed by atoms with Gasteiger partial charge in [-0.1, -0.05) is 0 Å². The van der Waals surface area contributed by atoms with Gasteiger partial charge in [0.2, 0.25) is 0 Å². The summed E-state index contributed by atoms with van der Waals surface area (Å²) in [5.74, 6) is -0.0901. The van der Waals surface area contributed by atoms with Crippen LogP contribution in [0.1, 0.15) is 39.6 Å². The molecule has 5 nitrogen and oxygen atoms in total. The van der Waals surface area contributed by atoms with Gasteiger partial charge in [0, 0.05) is 18.3 Å². The molecule has 1 N–H and O–H groups in total. The number of nitrogens with one attached hydrogen (secondary N) is 1. The first-order chi connectivity index (χ1) is 8.50. The molecule has 0 aliphatic heterocycles. The molecule has 0 bridgehead atoms. The number of carbonyl (C=O) groups excluding carboxylic acids is 1. The average molecular weight is 264 g/mol. The van der Waals surface area contributed by atoms with Crippen LogP contribution in [0.3, 0.4) is 0 Å². The zero-order chi connectivity index (χ0) is 13.3. The molecule has 1 atom stereocenters. The van der Waals surface area contributed by atoms with Crippen molar-refractivity contribution in [2.75, 3.05) is 0 Å². The van der Waals surface area contributed by atoms with E-state index in [0.717, 1.165) is 17.0 Å². The van der Waals surface area contributed by atoms with Crippen LogP contribution in [0.15, 0.2) is 11.7 Å². The van der Waals surface area contributed by atoms with Crippen LogP contribution in [0, 0.1) is 13.8 Å². The summed E-state index contributed by atoms with van der Waals surface area (Å²) < 4.78 is 1.83. The molecule has 2 aromatic rings. The third kappa shape index (κ3) is 2.28. The molecule has 1 amide bonds. The summed E-state index contributed by atoms with van der Waals surface area (Å²) in [6.45, 7) is 5.93. The van der Waals surface area contributed by atoms with E-state index in [-0.39, 0.29) is 11.9 Å². The van der Waals surface area contributed by atoms with E-state index in [1.165, 1.54) is 11.3 Å². The fourth-order valence-corrected chi connectivity index (χ4v) is 2.61. The van der Waals surface area contributed by atoms with Crippen molar-refractivity contribution in [1.29, 1.82) is 0 Å². The van der Waals surface area contributed by atoms with Crippen molar-refractivity contribution < 1.29 is 4.79 Å². The van der Waals surface area contributed by atoms with E-state index in [0.29, 0.717) is 4.88 Å². The zero-order valence-electron chi connectivity index (χ0n) is 10.9. The molecule has 6 heteroatoms. The van der Waals surface area contributed by atoms with Crippen LogP contribution < -0.4 is 5.32 Å². The van der Waals surface area contributed by atoms with Gasteiger partial charge in [-0.25, -0.2) is 0 Å². The lowest BCUT2D eigenvalue weighted by Crippen LogP contribution is -2.26. The molecular weight excluding hydrogens is 248 g/mol. The summed E-state index contributed by atoms with van der Waals surface area (Å²) >= 11 is 1.34. The van der Waals surface area contributed by atoms with Crippen LogP contribution >= 0.6 is 11.3 Å². The third-order valence-electron chi connectivity index (χ3n) is 3.00. The van der Waals surface area contributed by atoms with Crippen molar-refractivity contribution in [1.82, 2.24) is 20.1 Å². The molecule has 0 unspecified atom stereocenters. The Labute approximate surface area is 110 Å². The molecule has 18 heavy (non-hydrogen) atoms.